The van der Waals surface area contributed by atoms with Gasteiger partial charge in [0.1, 0.15) is 11.9 Å². The van der Waals surface area contributed by atoms with Gasteiger partial charge in [0.05, 0.1) is 5.56 Å². The lowest BCUT2D eigenvalue weighted by molar-refractivity contribution is -0.148. The lowest BCUT2D eigenvalue weighted by Gasteiger charge is -2.17. The Balaban J connectivity index is 2.45. The molecule has 0 bridgehead atoms. The molecule has 0 spiro atoms. The van der Waals surface area contributed by atoms with Gasteiger partial charge >= 0.3 is 24.0 Å². The summed E-state index contributed by atoms with van der Waals surface area (Å²) in [5.41, 5.74) is -0.142. The van der Waals surface area contributed by atoms with Gasteiger partial charge in [-0.3, -0.25) is 9.59 Å². The highest BCUT2D eigenvalue weighted by Gasteiger charge is 2.26. The van der Waals surface area contributed by atoms with E-state index in [-0.39, 0.29) is 24.9 Å². The van der Waals surface area contributed by atoms with Crippen LogP contribution in [0.2, 0.25) is 0 Å². The maximum absolute atomic E-state index is 13.7. The van der Waals surface area contributed by atoms with Gasteiger partial charge < -0.3 is 30.7 Å². The van der Waals surface area contributed by atoms with Gasteiger partial charge in [0.2, 0.25) is 6.10 Å². The minimum atomic E-state index is -1.74. The zero-order valence-electron chi connectivity index (χ0n) is 16.7. The number of rotatable bonds is 13. The standard InChI is InChI=1S/C19H22BrFN2O9/c20-10-4-5-11(12(21)9-10)16(26)22-8-2-1-3-13(17(27)28)23-19(31)32-14(18(29)30)6-7-15(24)25/h4-5,9,13-14H,1-3,6-8H2,(H,22,26)(H,23,31)(H,24,25)(H,27,28)(H,29,30)/t13-,14-/m0/s1. The number of nitrogens with one attached hydrogen (secondary N) is 2. The summed E-state index contributed by atoms with van der Waals surface area (Å²) in [5, 5.41) is 31.3. The van der Waals surface area contributed by atoms with Crippen LogP contribution in [0.15, 0.2) is 22.7 Å². The van der Waals surface area contributed by atoms with Crippen LogP contribution in [0.4, 0.5) is 9.18 Å². The van der Waals surface area contributed by atoms with Crippen molar-refractivity contribution in [2.75, 3.05) is 6.54 Å². The van der Waals surface area contributed by atoms with Crippen LogP contribution in [-0.2, 0) is 19.1 Å². The highest BCUT2D eigenvalue weighted by atomic mass is 79.9. The fourth-order valence-corrected chi connectivity index (χ4v) is 2.83. The number of aliphatic carboxylic acids is 3. The van der Waals surface area contributed by atoms with Crippen LogP contribution < -0.4 is 10.6 Å². The van der Waals surface area contributed by atoms with E-state index >= 15 is 0 Å². The first-order valence-electron chi connectivity index (χ1n) is 9.39. The number of alkyl carbamates (subject to hydrolysis) is 1. The molecule has 13 heteroatoms. The molecule has 0 radical (unpaired) electrons. The summed E-state index contributed by atoms with van der Waals surface area (Å²) in [7, 11) is 0. The van der Waals surface area contributed by atoms with Crippen molar-refractivity contribution in [1.82, 2.24) is 10.6 Å². The smallest absolute Gasteiger partial charge is 0.408 e. The fraction of sp³-hybridized carbons (Fsp3) is 0.421. The second kappa shape index (κ2) is 13.2. The Morgan fingerprint density at radius 1 is 1.03 bits per heavy atom. The summed E-state index contributed by atoms with van der Waals surface area (Å²) in [6.45, 7) is 0.126. The van der Waals surface area contributed by atoms with E-state index in [4.69, 9.17) is 10.2 Å². The summed E-state index contributed by atoms with van der Waals surface area (Å²) in [6.07, 6.45) is -3.57. The van der Waals surface area contributed by atoms with Crippen molar-refractivity contribution >= 4 is 45.8 Å². The minimum Gasteiger partial charge on any atom is -0.481 e. The van der Waals surface area contributed by atoms with Crippen molar-refractivity contribution in [3.05, 3.63) is 34.1 Å². The number of halogens is 2. The summed E-state index contributed by atoms with van der Waals surface area (Å²) in [4.78, 5) is 56.6. The molecule has 1 aromatic rings. The molecule has 11 nitrogen and oxygen atoms in total. The van der Waals surface area contributed by atoms with Crippen LogP contribution in [0, 0.1) is 5.82 Å². The first-order valence-corrected chi connectivity index (χ1v) is 10.2. The zero-order chi connectivity index (χ0) is 24.3. The molecule has 32 heavy (non-hydrogen) atoms. The normalized spacial score (nSPS) is 12.3. The largest absolute Gasteiger partial charge is 0.481 e. The SMILES string of the molecule is O=C(O)CC[C@H](OC(=O)N[C@@H](CCCCNC(=O)c1ccc(Br)cc1F)C(=O)O)C(=O)O. The van der Waals surface area contributed by atoms with E-state index < -0.39 is 60.7 Å². The van der Waals surface area contributed by atoms with Crippen molar-refractivity contribution in [1.29, 1.82) is 0 Å². The molecule has 0 aliphatic carbocycles. The molecule has 0 saturated carbocycles. The Kier molecular flexibility index (Phi) is 11.1. The predicted molar refractivity (Wildman–Crippen MR) is 110 cm³/mol. The van der Waals surface area contributed by atoms with E-state index in [1.54, 1.807) is 0 Å². The number of unbranched alkanes of at least 4 members (excludes halogenated alkanes) is 1. The van der Waals surface area contributed by atoms with E-state index in [1.807, 2.05) is 5.32 Å². The average Bonchev–Trinajstić information content (AvgIpc) is 2.69. The van der Waals surface area contributed by atoms with Crippen molar-refractivity contribution in [2.24, 2.45) is 0 Å². The number of hydrogen-bond acceptors (Lipinski definition) is 6. The lowest BCUT2D eigenvalue weighted by atomic mass is 10.1. The monoisotopic (exact) mass is 520 g/mol. The van der Waals surface area contributed by atoms with Crippen LogP contribution in [-0.4, -0.2) is 63.9 Å². The molecule has 0 saturated heterocycles. The van der Waals surface area contributed by atoms with E-state index in [1.165, 1.54) is 12.1 Å². The summed E-state index contributed by atoms with van der Waals surface area (Å²) < 4.78 is 18.8. The molecule has 0 unspecified atom stereocenters. The van der Waals surface area contributed by atoms with Crippen molar-refractivity contribution in [3.8, 4) is 0 Å². The maximum atomic E-state index is 13.7. The van der Waals surface area contributed by atoms with Crippen LogP contribution in [0.3, 0.4) is 0 Å². The van der Waals surface area contributed by atoms with Gasteiger partial charge in [-0.15, -0.1) is 0 Å². The van der Waals surface area contributed by atoms with Gasteiger partial charge in [-0.1, -0.05) is 15.9 Å². The van der Waals surface area contributed by atoms with Gasteiger partial charge in [-0.25, -0.2) is 18.8 Å². The van der Waals surface area contributed by atoms with E-state index in [0.29, 0.717) is 10.9 Å². The van der Waals surface area contributed by atoms with Gasteiger partial charge in [0.15, 0.2) is 0 Å². The third-order valence-electron chi connectivity index (χ3n) is 4.12. The second-order valence-corrected chi connectivity index (χ2v) is 7.49. The molecule has 0 fully saturated rings. The molecular weight excluding hydrogens is 499 g/mol. The van der Waals surface area contributed by atoms with Crippen molar-refractivity contribution < 1.29 is 48.4 Å². The maximum Gasteiger partial charge on any atom is 0.408 e. The summed E-state index contributed by atoms with van der Waals surface area (Å²) in [6, 6.07) is 2.58. The first kappa shape index (κ1) is 26.8. The lowest BCUT2D eigenvalue weighted by Crippen LogP contribution is -2.43. The number of carbonyl (C=O) groups excluding carboxylic acids is 2. The molecule has 176 valence electrons. The molecule has 2 atom stereocenters. The van der Waals surface area contributed by atoms with Crippen molar-refractivity contribution in [3.63, 3.8) is 0 Å². The third kappa shape index (κ3) is 9.73. The van der Waals surface area contributed by atoms with Gasteiger partial charge in [0, 0.05) is 23.9 Å². The summed E-state index contributed by atoms with van der Waals surface area (Å²) >= 11 is 3.08. The molecular formula is C19H22BrFN2O9. The van der Waals surface area contributed by atoms with Crippen LogP contribution in [0.5, 0.6) is 0 Å². The Labute approximate surface area is 190 Å². The molecule has 0 aromatic heterocycles. The first-order chi connectivity index (χ1) is 15.0. The third-order valence-corrected chi connectivity index (χ3v) is 4.61. The highest BCUT2D eigenvalue weighted by Crippen LogP contribution is 2.15. The predicted octanol–water partition coefficient (Wildman–Crippen LogP) is 1.99. The highest BCUT2D eigenvalue weighted by molar-refractivity contribution is 9.10. The number of carbonyl (C=O) groups is 5. The van der Waals surface area contributed by atoms with E-state index in [9.17, 15) is 33.5 Å². The Bertz CT molecular complexity index is 865. The zero-order valence-corrected chi connectivity index (χ0v) is 18.3. The number of benzene rings is 1. The molecule has 1 aromatic carbocycles. The van der Waals surface area contributed by atoms with Crippen LogP contribution in [0.1, 0.15) is 42.5 Å². The number of amides is 2. The van der Waals surface area contributed by atoms with Gasteiger partial charge in [-0.05, 0) is 37.5 Å². The molecule has 0 aliphatic rings. The Morgan fingerprint density at radius 2 is 1.72 bits per heavy atom. The van der Waals surface area contributed by atoms with Crippen molar-refractivity contribution in [2.45, 2.75) is 44.2 Å². The van der Waals surface area contributed by atoms with Crippen LogP contribution >= 0.6 is 15.9 Å². The van der Waals surface area contributed by atoms with Crippen LogP contribution in [0.25, 0.3) is 0 Å². The fourth-order valence-electron chi connectivity index (χ4n) is 2.49. The Hall–Kier alpha value is -3.22. The molecule has 5 N–H and O–H groups in total. The van der Waals surface area contributed by atoms with E-state index in [0.717, 1.165) is 6.07 Å². The molecule has 0 heterocycles. The number of ether oxygens (including phenoxy) is 1. The molecule has 1 rings (SSSR count). The average molecular weight is 521 g/mol. The quantitative estimate of drug-likeness (QED) is 0.243. The molecule has 0 aliphatic heterocycles. The Morgan fingerprint density at radius 3 is 2.28 bits per heavy atom. The number of carboxylic acid groups (broad SMARTS) is 3. The minimum absolute atomic E-state index is 0.0557. The number of hydrogen-bond donors (Lipinski definition) is 5. The van der Waals surface area contributed by atoms with E-state index in [2.05, 4.69) is 26.0 Å². The molecule has 2 amide bonds. The summed E-state index contributed by atoms with van der Waals surface area (Å²) in [5.74, 6) is -5.56. The number of carboxylic acids is 3. The van der Waals surface area contributed by atoms with Gasteiger partial charge in [0.25, 0.3) is 5.91 Å². The van der Waals surface area contributed by atoms with Gasteiger partial charge in [-0.2, -0.15) is 0 Å². The second-order valence-electron chi connectivity index (χ2n) is 6.58. The topological polar surface area (TPSA) is 179 Å².